The maximum absolute atomic E-state index is 11.0. The summed E-state index contributed by atoms with van der Waals surface area (Å²) in [7, 11) is -1.43. The Morgan fingerprint density at radius 3 is 2.71 bits per heavy atom. The molecule has 0 aliphatic carbocycles. The van der Waals surface area contributed by atoms with Gasteiger partial charge in [0.2, 0.25) is 0 Å². The van der Waals surface area contributed by atoms with Gasteiger partial charge in [0, 0.05) is 6.26 Å². The number of aliphatic hydroxyl groups excluding tert-OH is 1. The molecule has 0 heterocycles. The third-order valence-corrected chi connectivity index (χ3v) is 3.40. The number of hydrogen-bond donors (Lipinski definition) is 1. The van der Waals surface area contributed by atoms with Gasteiger partial charge in [0.05, 0.1) is 19.0 Å². The standard InChI is InChI=1S/C12H18O4S/c1-16-12-5-3-4-10(9-12)8-11(13)6-7-17(2,14)15/h3-5,9,11,13H,6-8H2,1-2H3. The number of hydrogen-bond acceptors (Lipinski definition) is 4. The average Bonchev–Trinajstić information content (AvgIpc) is 2.26. The second-order valence-electron chi connectivity index (χ2n) is 4.13. The lowest BCUT2D eigenvalue weighted by atomic mass is 10.1. The van der Waals surface area contributed by atoms with Gasteiger partial charge in [-0.1, -0.05) is 12.1 Å². The third-order valence-electron chi connectivity index (χ3n) is 2.43. The Morgan fingerprint density at radius 2 is 2.12 bits per heavy atom. The van der Waals surface area contributed by atoms with Crippen molar-refractivity contribution in [1.29, 1.82) is 0 Å². The highest BCUT2D eigenvalue weighted by atomic mass is 32.2. The summed E-state index contributed by atoms with van der Waals surface area (Å²) >= 11 is 0. The van der Waals surface area contributed by atoms with Crippen molar-refractivity contribution in [3.05, 3.63) is 29.8 Å². The molecule has 17 heavy (non-hydrogen) atoms. The molecule has 96 valence electrons. The molecule has 0 spiro atoms. The van der Waals surface area contributed by atoms with Gasteiger partial charge >= 0.3 is 0 Å². The Hall–Kier alpha value is -1.07. The first-order valence-electron chi connectivity index (χ1n) is 5.39. The van der Waals surface area contributed by atoms with Gasteiger partial charge in [-0.25, -0.2) is 8.42 Å². The van der Waals surface area contributed by atoms with Crippen LogP contribution in [0.3, 0.4) is 0 Å². The van der Waals surface area contributed by atoms with Crippen molar-refractivity contribution >= 4 is 9.84 Å². The Morgan fingerprint density at radius 1 is 1.41 bits per heavy atom. The van der Waals surface area contributed by atoms with Gasteiger partial charge in [-0.2, -0.15) is 0 Å². The molecule has 5 heteroatoms. The predicted octanol–water partition coefficient (Wildman–Crippen LogP) is 1.03. The van der Waals surface area contributed by atoms with Gasteiger partial charge < -0.3 is 9.84 Å². The molecule has 1 aromatic carbocycles. The number of methoxy groups -OCH3 is 1. The molecule has 4 nitrogen and oxygen atoms in total. The van der Waals surface area contributed by atoms with Gasteiger partial charge in [0.25, 0.3) is 0 Å². The monoisotopic (exact) mass is 258 g/mol. The van der Waals surface area contributed by atoms with Crippen molar-refractivity contribution < 1.29 is 18.3 Å². The fraction of sp³-hybridized carbons (Fsp3) is 0.500. The van der Waals surface area contributed by atoms with Crippen molar-refractivity contribution in [3.63, 3.8) is 0 Å². The van der Waals surface area contributed by atoms with E-state index in [0.29, 0.717) is 6.42 Å². The van der Waals surface area contributed by atoms with Crippen LogP contribution in [-0.2, 0) is 16.3 Å². The summed E-state index contributed by atoms with van der Waals surface area (Å²) in [6, 6.07) is 7.39. The van der Waals surface area contributed by atoms with Gasteiger partial charge in [0.1, 0.15) is 15.6 Å². The summed E-state index contributed by atoms with van der Waals surface area (Å²) in [5, 5.41) is 9.72. The van der Waals surface area contributed by atoms with E-state index in [1.54, 1.807) is 7.11 Å². The van der Waals surface area contributed by atoms with Crippen molar-refractivity contribution in [3.8, 4) is 5.75 Å². The predicted molar refractivity (Wildman–Crippen MR) is 67.0 cm³/mol. The van der Waals surface area contributed by atoms with Crippen LogP contribution in [0.1, 0.15) is 12.0 Å². The first kappa shape index (κ1) is 14.0. The lowest BCUT2D eigenvalue weighted by molar-refractivity contribution is 0.171. The number of aliphatic hydroxyl groups is 1. The van der Waals surface area contributed by atoms with Gasteiger partial charge in [-0.05, 0) is 30.5 Å². The van der Waals surface area contributed by atoms with Gasteiger partial charge in [-0.15, -0.1) is 0 Å². The molecule has 0 aliphatic rings. The van der Waals surface area contributed by atoms with Crippen LogP contribution in [0.15, 0.2) is 24.3 Å². The molecule has 0 aliphatic heterocycles. The Kier molecular flexibility index (Phi) is 4.96. The van der Waals surface area contributed by atoms with E-state index in [-0.39, 0.29) is 12.2 Å². The number of benzene rings is 1. The Balaban J connectivity index is 2.52. The molecule has 1 atom stereocenters. The first-order valence-corrected chi connectivity index (χ1v) is 7.45. The van der Waals surface area contributed by atoms with Crippen molar-refractivity contribution in [2.45, 2.75) is 18.9 Å². The highest BCUT2D eigenvalue weighted by Gasteiger charge is 2.10. The van der Waals surface area contributed by atoms with E-state index in [2.05, 4.69) is 0 Å². The molecule has 1 unspecified atom stereocenters. The molecule has 1 N–H and O–H groups in total. The summed E-state index contributed by atoms with van der Waals surface area (Å²) in [6.45, 7) is 0. The molecular formula is C12H18O4S. The molecule has 0 saturated heterocycles. The minimum absolute atomic E-state index is 0.0120. The third kappa shape index (κ3) is 5.70. The largest absolute Gasteiger partial charge is 0.497 e. The minimum Gasteiger partial charge on any atom is -0.497 e. The van der Waals surface area contributed by atoms with E-state index in [9.17, 15) is 13.5 Å². The van der Waals surface area contributed by atoms with Gasteiger partial charge in [0.15, 0.2) is 0 Å². The van der Waals surface area contributed by atoms with E-state index in [1.807, 2.05) is 24.3 Å². The molecule has 0 aromatic heterocycles. The summed E-state index contributed by atoms with van der Waals surface area (Å²) in [5.74, 6) is 0.746. The zero-order valence-corrected chi connectivity index (χ0v) is 10.9. The quantitative estimate of drug-likeness (QED) is 0.828. The summed E-state index contributed by atoms with van der Waals surface area (Å²) in [6.07, 6.45) is 1.23. The molecule has 0 saturated carbocycles. The van der Waals surface area contributed by atoms with E-state index in [1.165, 1.54) is 6.26 Å². The maximum Gasteiger partial charge on any atom is 0.147 e. The summed E-state index contributed by atoms with van der Waals surface area (Å²) in [4.78, 5) is 0. The van der Waals surface area contributed by atoms with E-state index >= 15 is 0 Å². The second kappa shape index (κ2) is 6.02. The number of sulfone groups is 1. The Bertz CT molecular complexity index is 453. The second-order valence-corrected chi connectivity index (χ2v) is 6.39. The van der Waals surface area contributed by atoms with Crippen LogP contribution in [0.2, 0.25) is 0 Å². The Labute approximate surface area is 102 Å². The molecule has 0 amide bonds. The average molecular weight is 258 g/mol. The van der Waals surface area contributed by atoms with E-state index in [4.69, 9.17) is 4.74 Å². The van der Waals surface area contributed by atoms with Crippen LogP contribution in [0.4, 0.5) is 0 Å². The highest BCUT2D eigenvalue weighted by Crippen LogP contribution is 2.15. The van der Waals surface area contributed by atoms with Crippen molar-refractivity contribution in [2.24, 2.45) is 0 Å². The molecule has 1 aromatic rings. The summed E-state index contributed by atoms with van der Waals surface area (Å²) in [5.41, 5.74) is 0.936. The van der Waals surface area contributed by atoms with Crippen LogP contribution in [0.25, 0.3) is 0 Å². The molecular weight excluding hydrogens is 240 g/mol. The lowest BCUT2D eigenvalue weighted by Crippen LogP contribution is -2.16. The fourth-order valence-corrected chi connectivity index (χ4v) is 2.22. The van der Waals surface area contributed by atoms with E-state index < -0.39 is 15.9 Å². The molecule has 0 radical (unpaired) electrons. The molecule has 0 fully saturated rings. The maximum atomic E-state index is 11.0. The summed E-state index contributed by atoms with van der Waals surface area (Å²) < 4.78 is 27.0. The molecule has 0 bridgehead atoms. The van der Waals surface area contributed by atoms with Gasteiger partial charge in [-0.3, -0.25) is 0 Å². The minimum atomic E-state index is -3.01. The van der Waals surface area contributed by atoms with Crippen LogP contribution in [0, 0.1) is 0 Å². The van der Waals surface area contributed by atoms with Crippen molar-refractivity contribution in [1.82, 2.24) is 0 Å². The van der Waals surface area contributed by atoms with Crippen LogP contribution >= 0.6 is 0 Å². The van der Waals surface area contributed by atoms with Crippen LogP contribution in [0.5, 0.6) is 5.75 Å². The molecule has 1 rings (SSSR count). The normalized spacial score (nSPS) is 13.4. The van der Waals surface area contributed by atoms with Crippen LogP contribution in [-0.4, -0.2) is 38.7 Å². The van der Waals surface area contributed by atoms with E-state index in [0.717, 1.165) is 11.3 Å². The first-order chi connectivity index (χ1) is 7.90. The van der Waals surface area contributed by atoms with Crippen molar-refractivity contribution in [2.75, 3.05) is 19.1 Å². The number of rotatable bonds is 6. The fourth-order valence-electron chi connectivity index (χ4n) is 1.52. The number of ether oxygens (including phenoxy) is 1. The zero-order chi connectivity index (χ0) is 12.9. The lowest BCUT2D eigenvalue weighted by Gasteiger charge is -2.10. The zero-order valence-electron chi connectivity index (χ0n) is 10.1. The SMILES string of the molecule is COc1cccc(CC(O)CCS(C)(=O)=O)c1. The smallest absolute Gasteiger partial charge is 0.147 e. The van der Waals surface area contributed by atoms with Crippen LogP contribution < -0.4 is 4.74 Å². The topological polar surface area (TPSA) is 63.6 Å². The highest BCUT2D eigenvalue weighted by molar-refractivity contribution is 7.90.